The molecule has 1 aromatic heterocycles. The Bertz CT molecular complexity index is 495. The number of rotatable bonds is 8. The van der Waals surface area contributed by atoms with E-state index in [9.17, 15) is 0 Å². The van der Waals surface area contributed by atoms with Crippen molar-refractivity contribution in [2.45, 2.75) is 19.9 Å². The highest BCUT2D eigenvalue weighted by molar-refractivity contribution is 14.0. The van der Waals surface area contributed by atoms with Crippen molar-refractivity contribution in [3.05, 3.63) is 18.0 Å². The fourth-order valence-corrected chi connectivity index (χ4v) is 2.76. The lowest BCUT2D eigenvalue weighted by molar-refractivity contribution is 0.0536. The van der Waals surface area contributed by atoms with Crippen LogP contribution in [0.2, 0.25) is 0 Å². The molecular formula is C16H30IN5O2. The maximum atomic E-state index is 5.64. The molecule has 0 saturated carbocycles. The summed E-state index contributed by atoms with van der Waals surface area (Å²) >= 11 is 0. The quantitative estimate of drug-likeness (QED) is 0.280. The summed E-state index contributed by atoms with van der Waals surface area (Å²) in [6.07, 6.45) is 5.07. The minimum absolute atomic E-state index is 0. The van der Waals surface area contributed by atoms with Crippen molar-refractivity contribution >= 4 is 29.9 Å². The number of aryl methyl sites for hydroxylation is 1. The maximum Gasteiger partial charge on any atom is 0.193 e. The summed E-state index contributed by atoms with van der Waals surface area (Å²) in [6, 6.07) is 0. The normalized spacial score (nSPS) is 17.9. The molecule has 138 valence electrons. The van der Waals surface area contributed by atoms with Crippen LogP contribution in [0.5, 0.6) is 0 Å². The largest absolute Gasteiger partial charge is 0.382 e. The van der Waals surface area contributed by atoms with E-state index in [0.29, 0.717) is 19.1 Å². The van der Waals surface area contributed by atoms with Crippen LogP contribution in [0.1, 0.15) is 12.0 Å². The first-order valence-electron chi connectivity index (χ1n) is 8.24. The Morgan fingerprint density at radius 2 is 2.29 bits per heavy atom. The number of methoxy groups -OCH3 is 1. The van der Waals surface area contributed by atoms with Gasteiger partial charge in [-0.3, -0.25) is 9.67 Å². The first-order chi connectivity index (χ1) is 11.2. The molecule has 1 aromatic rings. The SMILES string of the molecule is CN=C(NCCn1cc(C)cn1)N1CCC(COCCOC)C1.I. The lowest BCUT2D eigenvalue weighted by Gasteiger charge is -2.21. The molecule has 0 spiro atoms. The molecule has 0 radical (unpaired) electrons. The molecule has 8 heteroatoms. The zero-order chi connectivity index (χ0) is 16.5. The van der Waals surface area contributed by atoms with Crippen LogP contribution in [0, 0.1) is 12.8 Å². The van der Waals surface area contributed by atoms with Crippen molar-refractivity contribution in [3.63, 3.8) is 0 Å². The Labute approximate surface area is 161 Å². The van der Waals surface area contributed by atoms with Gasteiger partial charge in [0.1, 0.15) is 0 Å². The molecule has 1 atom stereocenters. The lowest BCUT2D eigenvalue weighted by Crippen LogP contribution is -2.41. The van der Waals surface area contributed by atoms with Crippen molar-refractivity contribution in [2.75, 3.05) is 53.6 Å². The Balaban J connectivity index is 0.00000288. The highest BCUT2D eigenvalue weighted by Crippen LogP contribution is 2.16. The molecule has 0 bridgehead atoms. The van der Waals surface area contributed by atoms with Crippen molar-refractivity contribution in [1.82, 2.24) is 20.0 Å². The predicted molar refractivity (Wildman–Crippen MR) is 106 cm³/mol. The van der Waals surface area contributed by atoms with Gasteiger partial charge < -0.3 is 19.7 Å². The highest BCUT2D eigenvalue weighted by atomic mass is 127. The van der Waals surface area contributed by atoms with Gasteiger partial charge in [0.25, 0.3) is 0 Å². The van der Waals surface area contributed by atoms with Gasteiger partial charge in [-0.15, -0.1) is 24.0 Å². The van der Waals surface area contributed by atoms with E-state index in [1.165, 1.54) is 5.56 Å². The molecule has 1 unspecified atom stereocenters. The van der Waals surface area contributed by atoms with E-state index < -0.39 is 0 Å². The fraction of sp³-hybridized carbons (Fsp3) is 0.750. The zero-order valence-electron chi connectivity index (χ0n) is 14.9. The van der Waals surface area contributed by atoms with E-state index in [4.69, 9.17) is 9.47 Å². The van der Waals surface area contributed by atoms with Gasteiger partial charge in [0.15, 0.2) is 5.96 Å². The smallest absolute Gasteiger partial charge is 0.193 e. The van der Waals surface area contributed by atoms with E-state index in [0.717, 1.165) is 45.2 Å². The van der Waals surface area contributed by atoms with Gasteiger partial charge in [-0.25, -0.2) is 0 Å². The zero-order valence-corrected chi connectivity index (χ0v) is 17.2. The number of guanidine groups is 1. The number of hydrogen-bond acceptors (Lipinski definition) is 4. The van der Waals surface area contributed by atoms with Gasteiger partial charge in [0, 0.05) is 45.9 Å². The van der Waals surface area contributed by atoms with Gasteiger partial charge in [0.2, 0.25) is 0 Å². The van der Waals surface area contributed by atoms with E-state index in [1.54, 1.807) is 7.11 Å². The lowest BCUT2D eigenvalue weighted by atomic mass is 10.1. The van der Waals surface area contributed by atoms with E-state index in [1.807, 2.05) is 24.1 Å². The van der Waals surface area contributed by atoms with E-state index in [-0.39, 0.29) is 24.0 Å². The van der Waals surface area contributed by atoms with Crippen LogP contribution in [0.25, 0.3) is 0 Å². The van der Waals surface area contributed by atoms with Crippen molar-refractivity contribution in [3.8, 4) is 0 Å². The summed E-state index contributed by atoms with van der Waals surface area (Å²) in [7, 11) is 3.53. The fourth-order valence-electron chi connectivity index (χ4n) is 2.76. The number of halogens is 1. The summed E-state index contributed by atoms with van der Waals surface area (Å²) in [4.78, 5) is 6.70. The summed E-state index contributed by atoms with van der Waals surface area (Å²) in [5.41, 5.74) is 1.19. The topological polar surface area (TPSA) is 63.9 Å². The molecule has 1 aliphatic rings. The summed E-state index contributed by atoms with van der Waals surface area (Å²) in [5, 5.41) is 7.71. The minimum atomic E-state index is 0. The van der Waals surface area contributed by atoms with Crippen LogP contribution in [0.15, 0.2) is 17.4 Å². The number of nitrogens with zero attached hydrogens (tertiary/aromatic N) is 4. The van der Waals surface area contributed by atoms with Crippen molar-refractivity contribution in [1.29, 1.82) is 0 Å². The number of ether oxygens (including phenoxy) is 2. The van der Waals surface area contributed by atoms with Gasteiger partial charge in [0.05, 0.1) is 32.6 Å². The highest BCUT2D eigenvalue weighted by Gasteiger charge is 2.24. The van der Waals surface area contributed by atoms with Gasteiger partial charge in [-0.1, -0.05) is 0 Å². The molecule has 2 rings (SSSR count). The van der Waals surface area contributed by atoms with Gasteiger partial charge >= 0.3 is 0 Å². The monoisotopic (exact) mass is 451 g/mol. The first kappa shape index (κ1) is 21.2. The summed E-state index contributed by atoms with van der Waals surface area (Å²) < 4.78 is 12.6. The standard InChI is InChI=1S/C16H29N5O2.HI/c1-14-10-19-21(11-14)7-5-18-16(17-2)20-6-4-15(12-20)13-23-9-8-22-3;/h10-11,15H,4-9,12-13H2,1-3H3,(H,17,18);1H. The summed E-state index contributed by atoms with van der Waals surface area (Å²) in [6.45, 7) is 7.85. The van der Waals surface area contributed by atoms with Crippen LogP contribution in [0.4, 0.5) is 0 Å². The Morgan fingerprint density at radius 1 is 1.46 bits per heavy atom. The molecule has 0 aromatic carbocycles. The molecule has 1 N–H and O–H groups in total. The van der Waals surface area contributed by atoms with Crippen molar-refractivity contribution < 1.29 is 9.47 Å². The third kappa shape index (κ3) is 6.94. The molecule has 1 saturated heterocycles. The van der Waals surface area contributed by atoms with E-state index in [2.05, 4.69) is 27.2 Å². The van der Waals surface area contributed by atoms with Crippen LogP contribution >= 0.6 is 24.0 Å². The third-order valence-electron chi connectivity index (χ3n) is 3.97. The van der Waals surface area contributed by atoms with Crippen LogP contribution in [-0.4, -0.2) is 74.3 Å². The van der Waals surface area contributed by atoms with Crippen LogP contribution < -0.4 is 5.32 Å². The second-order valence-corrected chi connectivity index (χ2v) is 5.92. The average molecular weight is 451 g/mol. The third-order valence-corrected chi connectivity index (χ3v) is 3.97. The van der Waals surface area contributed by atoms with E-state index >= 15 is 0 Å². The number of aliphatic imine (C=N–C) groups is 1. The molecule has 0 amide bonds. The second kappa shape index (κ2) is 11.6. The first-order valence-corrected chi connectivity index (χ1v) is 8.24. The predicted octanol–water partition coefficient (Wildman–Crippen LogP) is 1.37. The molecule has 1 aliphatic heterocycles. The number of aromatic nitrogens is 2. The van der Waals surface area contributed by atoms with Crippen LogP contribution in [-0.2, 0) is 16.0 Å². The number of nitrogens with one attached hydrogen (secondary N) is 1. The van der Waals surface area contributed by atoms with Crippen molar-refractivity contribution in [2.24, 2.45) is 10.9 Å². The molecule has 1 fully saturated rings. The Hall–Kier alpha value is -0.870. The maximum absolute atomic E-state index is 5.64. The number of hydrogen-bond donors (Lipinski definition) is 1. The molecule has 24 heavy (non-hydrogen) atoms. The minimum Gasteiger partial charge on any atom is -0.382 e. The molecule has 0 aliphatic carbocycles. The van der Waals surface area contributed by atoms with Gasteiger partial charge in [-0.05, 0) is 18.9 Å². The Kier molecular flexibility index (Phi) is 10.3. The number of likely N-dealkylation sites (tertiary alicyclic amines) is 1. The molecular weight excluding hydrogens is 421 g/mol. The van der Waals surface area contributed by atoms with Gasteiger partial charge in [-0.2, -0.15) is 5.10 Å². The summed E-state index contributed by atoms with van der Waals surface area (Å²) in [5.74, 6) is 1.53. The molecule has 7 nitrogen and oxygen atoms in total. The molecule has 2 heterocycles. The Morgan fingerprint density at radius 3 is 2.96 bits per heavy atom. The average Bonchev–Trinajstić information content (AvgIpc) is 3.17. The second-order valence-electron chi connectivity index (χ2n) is 5.92. The van der Waals surface area contributed by atoms with Crippen LogP contribution in [0.3, 0.4) is 0 Å².